The number of sulfonamides is 1. The normalized spacial score (nSPS) is 11.0. The maximum Gasteiger partial charge on any atom is 0.261 e. The molecule has 27 heavy (non-hydrogen) atoms. The number of nitrogens with one attached hydrogen (secondary N) is 2. The number of carbonyl (C=O) groups excluding carboxylic acids is 1. The van der Waals surface area contributed by atoms with Crippen molar-refractivity contribution in [3.8, 4) is 0 Å². The number of aromatic nitrogens is 1. The molecule has 1 amide bonds. The Labute approximate surface area is 153 Å². The molecule has 1 aromatic heterocycles. The highest BCUT2D eigenvalue weighted by Gasteiger charge is 2.15. The first-order valence-corrected chi connectivity index (χ1v) is 9.13. The summed E-state index contributed by atoms with van der Waals surface area (Å²) in [5.74, 6) is -2.70. The van der Waals surface area contributed by atoms with E-state index in [-0.39, 0.29) is 16.1 Å². The van der Waals surface area contributed by atoms with Crippen molar-refractivity contribution in [2.45, 2.75) is 4.90 Å². The molecule has 3 rings (SSSR count). The molecule has 0 saturated carbocycles. The van der Waals surface area contributed by atoms with Crippen LogP contribution in [0.2, 0.25) is 0 Å². The highest BCUT2D eigenvalue weighted by atomic mass is 32.2. The van der Waals surface area contributed by atoms with Crippen molar-refractivity contribution in [3.05, 3.63) is 84.2 Å². The van der Waals surface area contributed by atoms with Crippen LogP contribution in [0.3, 0.4) is 0 Å². The molecule has 2 N–H and O–H groups in total. The minimum absolute atomic E-state index is 0.0383. The van der Waals surface area contributed by atoms with E-state index >= 15 is 0 Å². The summed E-state index contributed by atoms with van der Waals surface area (Å²) >= 11 is 0. The van der Waals surface area contributed by atoms with E-state index in [1.165, 1.54) is 54.9 Å². The third kappa shape index (κ3) is 4.45. The number of anilines is 2. The van der Waals surface area contributed by atoms with Crippen molar-refractivity contribution in [3.63, 3.8) is 0 Å². The van der Waals surface area contributed by atoms with Gasteiger partial charge in [0, 0.05) is 29.7 Å². The van der Waals surface area contributed by atoms with E-state index in [1.807, 2.05) is 0 Å². The number of rotatable bonds is 5. The molecule has 0 bridgehead atoms. The number of hydrogen-bond donors (Lipinski definition) is 2. The molecule has 0 aliphatic rings. The van der Waals surface area contributed by atoms with Crippen molar-refractivity contribution >= 4 is 27.3 Å². The van der Waals surface area contributed by atoms with Crippen LogP contribution >= 0.6 is 0 Å². The third-order valence-electron chi connectivity index (χ3n) is 3.54. The van der Waals surface area contributed by atoms with E-state index in [0.717, 1.165) is 12.1 Å². The predicted molar refractivity (Wildman–Crippen MR) is 95.8 cm³/mol. The van der Waals surface area contributed by atoms with Crippen LogP contribution in [0.5, 0.6) is 0 Å². The number of pyridine rings is 1. The second-order valence-electron chi connectivity index (χ2n) is 5.45. The summed E-state index contributed by atoms with van der Waals surface area (Å²) in [6.45, 7) is 0. The van der Waals surface area contributed by atoms with Gasteiger partial charge in [-0.15, -0.1) is 0 Å². The van der Waals surface area contributed by atoms with Crippen LogP contribution in [-0.4, -0.2) is 19.3 Å². The monoisotopic (exact) mass is 389 g/mol. The van der Waals surface area contributed by atoms with Crippen LogP contribution in [0.1, 0.15) is 10.4 Å². The molecule has 6 nitrogen and oxygen atoms in total. The molecule has 0 atom stereocenters. The molecule has 2 aromatic carbocycles. The number of benzene rings is 2. The number of amides is 1. The second kappa shape index (κ2) is 7.50. The summed E-state index contributed by atoms with van der Waals surface area (Å²) in [5.41, 5.74) is 0.586. The van der Waals surface area contributed by atoms with Crippen molar-refractivity contribution in [1.82, 2.24) is 4.98 Å². The minimum Gasteiger partial charge on any atom is -0.322 e. The van der Waals surface area contributed by atoms with Crippen LogP contribution in [0.25, 0.3) is 0 Å². The average Bonchev–Trinajstić information content (AvgIpc) is 2.65. The highest BCUT2D eigenvalue weighted by Crippen LogP contribution is 2.18. The molecule has 0 unspecified atom stereocenters. The summed E-state index contributed by atoms with van der Waals surface area (Å²) in [6, 6.07) is 11.1. The van der Waals surface area contributed by atoms with Crippen molar-refractivity contribution in [1.29, 1.82) is 0 Å². The fourth-order valence-corrected chi connectivity index (χ4v) is 3.26. The first-order chi connectivity index (χ1) is 12.8. The molecular formula is C18H13F2N3O3S. The van der Waals surface area contributed by atoms with Gasteiger partial charge in [-0.25, -0.2) is 17.2 Å². The van der Waals surface area contributed by atoms with Gasteiger partial charge >= 0.3 is 0 Å². The molecule has 1 heterocycles. The zero-order valence-corrected chi connectivity index (χ0v) is 14.5. The molecule has 3 aromatic rings. The van der Waals surface area contributed by atoms with E-state index in [9.17, 15) is 22.0 Å². The molecule has 0 fully saturated rings. The summed E-state index contributed by atoms with van der Waals surface area (Å²) in [4.78, 5) is 15.9. The van der Waals surface area contributed by atoms with Crippen molar-refractivity contribution in [2.75, 3.05) is 10.0 Å². The maximum atomic E-state index is 13.2. The zero-order valence-electron chi connectivity index (χ0n) is 13.7. The lowest BCUT2D eigenvalue weighted by molar-refractivity contribution is 0.102. The summed E-state index contributed by atoms with van der Waals surface area (Å²) in [6.07, 6.45) is 2.90. The van der Waals surface area contributed by atoms with E-state index in [0.29, 0.717) is 5.69 Å². The Balaban J connectivity index is 1.74. The second-order valence-corrected chi connectivity index (χ2v) is 7.13. The molecule has 9 heteroatoms. The van der Waals surface area contributed by atoms with Crippen LogP contribution in [0.4, 0.5) is 20.2 Å². The molecule has 138 valence electrons. The van der Waals surface area contributed by atoms with E-state index in [4.69, 9.17) is 0 Å². The van der Waals surface area contributed by atoms with E-state index < -0.39 is 27.6 Å². The van der Waals surface area contributed by atoms with Gasteiger partial charge in [0.2, 0.25) is 0 Å². The van der Waals surface area contributed by atoms with Gasteiger partial charge in [0.1, 0.15) is 0 Å². The van der Waals surface area contributed by atoms with Gasteiger partial charge in [0.25, 0.3) is 15.9 Å². The summed E-state index contributed by atoms with van der Waals surface area (Å²) in [5, 5.41) is 2.41. The van der Waals surface area contributed by atoms with Crippen LogP contribution in [-0.2, 0) is 10.0 Å². The zero-order chi connectivity index (χ0) is 19.4. The van der Waals surface area contributed by atoms with Gasteiger partial charge in [-0.05, 0) is 48.5 Å². The summed E-state index contributed by atoms with van der Waals surface area (Å²) < 4.78 is 53.2. The Morgan fingerprint density at radius 2 is 1.52 bits per heavy atom. The quantitative estimate of drug-likeness (QED) is 0.700. The van der Waals surface area contributed by atoms with Crippen LogP contribution < -0.4 is 10.0 Å². The molecule has 0 aliphatic carbocycles. The first kappa shape index (κ1) is 18.5. The largest absolute Gasteiger partial charge is 0.322 e. The van der Waals surface area contributed by atoms with Gasteiger partial charge in [0.15, 0.2) is 11.6 Å². The van der Waals surface area contributed by atoms with Crippen molar-refractivity contribution < 1.29 is 22.0 Å². The minimum atomic E-state index is -3.83. The third-order valence-corrected chi connectivity index (χ3v) is 4.93. The molecule has 0 saturated heterocycles. The topological polar surface area (TPSA) is 88.2 Å². The highest BCUT2D eigenvalue weighted by molar-refractivity contribution is 7.92. The average molecular weight is 389 g/mol. The standard InChI is InChI=1S/C18H13F2N3O3S/c19-16-6-3-14(11-17(16)20)22-18(24)12-1-4-15(5-2-12)27(25,26)23-13-7-9-21-10-8-13/h1-11H,(H,21,23)(H,22,24). The lowest BCUT2D eigenvalue weighted by Gasteiger charge is -2.09. The smallest absolute Gasteiger partial charge is 0.261 e. The lowest BCUT2D eigenvalue weighted by atomic mass is 10.2. The number of carbonyl (C=O) groups is 1. The Hall–Kier alpha value is -3.33. The Bertz CT molecular complexity index is 1070. The predicted octanol–water partition coefficient (Wildman–Crippen LogP) is 3.41. The van der Waals surface area contributed by atoms with Crippen molar-refractivity contribution in [2.24, 2.45) is 0 Å². The number of nitrogens with zero attached hydrogens (tertiary/aromatic N) is 1. The van der Waals surface area contributed by atoms with Gasteiger partial charge in [-0.1, -0.05) is 0 Å². The molecule has 0 aliphatic heterocycles. The lowest BCUT2D eigenvalue weighted by Crippen LogP contribution is -2.15. The van der Waals surface area contributed by atoms with E-state index in [1.54, 1.807) is 0 Å². The van der Waals surface area contributed by atoms with Gasteiger partial charge in [-0.3, -0.25) is 14.5 Å². The number of hydrogen-bond acceptors (Lipinski definition) is 4. The van der Waals surface area contributed by atoms with Crippen LogP contribution in [0, 0.1) is 11.6 Å². The molecular weight excluding hydrogens is 376 g/mol. The number of halogens is 2. The van der Waals surface area contributed by atoms with Crippen LogP contribution in [0.15, 0.2) is 71.9 Å². The fraction of sp³-hybridized carbons (Fsp3) is 0. The first-order valence-electron chi connectivity index (χ1n) is 7.64. The fourth-order valence-electron chi connectivity index (χ4n) is 2.20. The van der Waals surface area contributed by atoms with E-state index in [2.05, 4.69) is 15.0 Å². The Kier molecular flexibility index (Phi) is 5.13. The van der Waals surface area contributed by atoms with Gasteiger partial charge in [-0.2, -0.15) is 0 Å². The molecule has 0 radical (unpaired) electrons. The Morgan fingerprint density at radius 1 is 0.852 bits per heavy atom. The van der Waals surface area contributed by atoms with Gasteiger partial charge < -0.3 is 5.32 Å². The maximum absolute atomic E-state index is 13.2. The van der Waals surface area contributed by atoms with Gasteiger partial charge in [0.05, 0.1) is 10.6 Å². The SMILES string of the molecule is O=C(Nc1ccc(F)c(F)c1)c1ccc(S(=O)(=O)Nc2ccncc2)cc1. The summed E-state index contributed by atoms with van der Waals surface area (Å²) in [7, 11) is -3.83. The Morgan fingerprint density at radius 3 is 2.15 bits per heavy atom. The molecule has 0 spiro atoms.